The van der Waals surface area contributed by atoms with Crippen molar-refractivity contribution in [3.63, 3.8) is 0 Å². The van der Waals surface area contributed by atoms with Gasteiger partial charge in [-0.3, -0.25) is 0 Å². The Balaban J connectivity index is 2.57. The molecule has 15 heavy (non-hydrogen) atoms. The highest BCUT2D eigenvalue weighted by Crippen LogP contribution is 2.30. The van der Waals surface area contributed by atoms with Crippen LogP contribution in [0, 0.1) is 0 Å². The second kappa shape index (κ2) is 3.32. The minimum absolute atomic E-state index is 0.139. The van der Waals surface area contributed by atoms with Crippen molar-refractivity contribution < 1.29 is 17.9 Å². The Bertz CT molecular complexity index is 509. The summed E-state index contributed by atoms with van der Waals surface area (Å²) in [4.78, 5) is 11.5. The van der Waals surface area contributed by atoms with Crippen LogP contribution in [0.1, 0.15) is 11.6 Å². The molecule has 1 atom stereocenters. The van der Waals surface area contributed by atoms with E-state index in [1.54, 1.807) is 18.2 Å². The van der Waals surface area contributed by atoms with Gasteiger partial charge in [-0.15, -0.1) is 0 Å². The number of rotatable bonds is 1. The summed E-state index contributed by atoms with van der Waals surface area (Å²) in [6, 6.07) is 5.42. The molecule has 1 N–H and O–H groups in total. The van der Waals surface area contributed by atoms with Crippen molar-refractivity contribution in [3.05, 3.63) is 29.8 Å². The first kappa shape index (κ1) is 10.1. The lowest BCUT2D eigenvalue weighted by atomic mass is 10.1. The quantitative estimate of drug-likeness (QED) is 0.695. The van der Waals surface area contributed by atoms with E-state index < -0.39 is 22.0 Å². The molecule has 0 amide bonds. The van der Waals surface area contributed by atoms with E-state index in [1.807, 2.05) is 0 Å². The van der Waals surface area contributed by atoms with Crippen LogP contribution in [-0.2, 0) is 19.6 Å². The van der Waals surface area contributed by atoms with E-state index in [1.165, 1.54) is 13.2 Å². The van der Waals surface area contributed by atoms with Gasteiger partial charge < -0.3 is 4.74 Å². The molecule has 0 aliphatic carbocycles. The number of hydrogen-bond donors (Lipinski definition) is 1. The number of carbonyl (C=O) groups is 1. The third-order valence-electron chi connectivity index (χ3n) is 2.23. The highest BCUT2D eigenvalue weighted by molar-refractivity contribution is 7.89. The van der Waals surface area contributed by atoms with E-state index in [2.05, 4.69) is 9.46 Å². The van der Waals surface area contributed by atoms with Crippen molar-refractivity contribution in [2.45, 2.75) is 10.9 Å². The van der Waals surface area contributed by atoms with Crippen molar-refractivity contribution in [1.82, 2.24) is 4.72 Å². The van der Waals surface area contributed by atoms with Crippen LogP contribution in [0.4, 0.5) is 0 Å². The summed E-state index contributed by atoms with van der Waals surface area (Å²) in [6.07, 6.45) is 0. The molecule has 0 saturated carbocycles. The summed E-state index contributed by atoms with van der Waals surface area (Å²) in [7, 11) is -2.34. The first-order valence-corrected chi connectivity index (χ1v) is 5.73. The first-order valence-electron chi connectivity index (χ1n) is 4.25. The van der Waals surface area contributed by atoms with E-state index in [0.717, 1.165) is 0 Å². The molecule has 80 valence electrons. The molecule has 0 radical (unpaired) electrons. The van der Waals surface area contributed by atoms with Gasteiger partial charge in [0.25, 0.3) is 0 Å². The van der Waals surface area contributed by atoms with Crippen molar-refractivity contribution in [3.8, 4) is 0 Å². The number of sulfonamides is 1. The summed E-state index contributed by atoms with van der Waals surface area (Å²) in [6.45, 7) is 0. The molecule has 1 aromatic rings. The number of nitrogens with one attached hydrogen (secondary N) is 1. The second-order valence-corrected chi connectivity index (χ2v) is 4.80. The fourth-order valence-corrected chi connectivity index (χ4v) is 2.95. The van der Waals surface area contributed by atoms with Crippen LogP contribution >= 0.6 is 0 Å². The van der Waals surface area contributed by atoms with E-state index in [-0.39, 0.29) is 4.90 Å². The minimum atomic E-state index is -3.56. The van der Waals surface area contributed by atoms with Gasteiger partial charge in [-0.25, -0.2) is 13.2 Å². The van der Waals surface area contributed by atoms with Crippen LogP contribution in [0.5, 0.6) is 0 Å². The SMILES string of the molecule is COC(=O)C1NS(=O)(=O)c2ccccc21. The Morgan fingerprint density at radius 1 is 1.40 bits per heavy atom. The minimum Gasteiger partial charge on any atom is -0.468 e. The molecule has 1 aliphatic heterocycles. The Morgan fingerprint density at radius 2 is 2.07 bits per heavy atom. The molecule has 1 unspecified atom stereocenters. The Labute approximate surface area is 87.1 Å². The van der Waals surface area contributed by atoms with E-state index in [9.17, 15) is 13.2 Å². The maximum Gasteiger partial charge on any atom is 0.328 e. The highest BCUT2D eigenvalue weighted by atomic mass is 32.2. The largest absolute Gasteiger partial charge is 0.468 e. The summed E-state index contributed by atoms with van der Waals surface area (Å²) in [5.41, 5.74) is 0.435. The summed E-state index contributed by atoms with van der Waals surface area (Å²) >= 11 is 0. The van der Waals surface area contributed by atoms with Gasteiger partial charge in [0.2, 0.25) is 10.0 Å². The van der Waals surface area contributed by atoms with Crippen LogP contribution in [0.3, 0.4) is 0 Å². The van der Waals surface area contributed by atoms with E-state index >= 15 is 0 Å². The second-order valence-electron chi connectivity index (χ2n) is 3.12. The number of hydrogen-bond acceptors (Lipinski definition) is 4. The molecule has 2 rings (SSSR count). The summed E-state index contributed by atoms with van der Waals surface area (Å²) in [5.74, 6) is -0.608. The van der Waals surface area contributed by atoms with Crippen LogP contribution < -0.4 is 4.72 Å². The molecule has 0 saturated heterocycles. The fourth-order valence-electron chi connectivity index (χ4n) is 1.54. The van der Waals surface area contributed by atoms with Gasteiger partial charge in [-0.1, -0.05) is 18.2 Å². The highest BCUT2D eigenvalue weighted by Gasteiger charge is 2.38. The lowest BCUT2D eigenvalue weighted by molar-refractivity contribution is -0.142. The molecule has 5 nitrogen and oxygen atoms in total. The van der Waals surface area contributed by atoms with Gasteiger partial charge in [0, 0.05) is 5.56 Å². The van der Waals surface area contributed by atoms with E-state index in [4.69, 9.17) is 0 Å². The van der Waals surface area contributed by atoms with Gasteiger partial charge >= 0.3 is 5.97 Å². The maximum atomic E-state index is 11.6. The molecule has 0 bridgehead atoms. The van der Waals surface area contributed by atoms with Gasteiger partial charge in [-0.05, 0) is 6.07 Å². The van der Waals surface area contributed by atoms with Crippen LogP contribution in [0.15, 0.2) is 29.2 Å². The van der Waals surface area contributed by atoms with Crippen molar-refractivity contribution >= 4 is 16.0 Å². The predicted octanol–water partition coefficient (Wildman–Crippen LogP) is 0.193. The van der Waals surface area contributed by atoms with Gasteiger partial charge in [0.05, 0.1) is 12.0 Å². The zero-order valence-electron chi connectivity index (χ0n) is 7.93. The third kappa shape index (κ3) is 1.51. The topological polar surface area (TPSA) is 72.5 Å². The van der Waals surface area contributed by atoms with Crippen LogP contribution in [0.2, 0.25) is 0 Å². The number of methoxy groups -OCH3 is 1. The monoisotopic (exact) mass is 227 g/mol. The number of carbonyl (C=O) groups excluding carboxylic acids is 1. The standard InChI is InChI=1S/C9H9NO4S/c1-14-9(11)8-6-4-2-3-5-7(6)15(12,13)10-8/h2-5,8,10H,1H3. The molecule has 1 aromatic carbocycles. The number of fused-ring (bicyclic) bond motifs is 1. The summed E-state index contributed by atoms with van der Waals surface area (Å²) < 4.78 is 29.9. The van der Waals surface area contributed by atoms with Gasteiger partial charge in [0.15, 0.2) is 0 Å². The Morgan fingerprint density at radius 3 is 2.73 bits per heavy atom. The maximum absolute atomic E-state index is 11.6. The average Bonchev–Trinajstić information content (AvgIpc) is 2.51. The van der Waals surface area contributed by atoms with Gasteiger partial charge in [0.1, 0.15) is 6.04 Å². The Hall–Kier alpha value is -1.40. The van der Waals surface area contributed by atoms with Crippen LogP contribution in [0.25, 0.3) is 0 Å². The first-order chi connectivity index (χ1) is 7.06. The molecule has 1 aliphatic rings. The molecule has 0 fully saturated rings. The smallest absolute Gasteiger partial charge is 0.328 e. The lowest BCUT2D eigenvalue weighted by Gasteiger charge is -2.06. The predicted molar refractivity (Wildman–Crippen MR) is 51.5 cm³/mol. The average molecular weight is 227 g/mol. The Kier molecular flexibility index (Phi) is 2.24. The zero-order valence-corrected chi connectivity index (χ0v) is 8.74. The van der Waals surface area contributed by atoms with Crippen molar-refractivity contribution in [2.75, 3.05) is 7.11 Å². The molecule has 0 spiro atoms. The molecular weight excluding hydrogens is 218 g/mol. The number of esters is 1. The molecule has 6 heteroatoms. The normalized spacial score (nSPS) is 22.1. The van der Waals surface area contributed by atoms with Gasteiger partial charge in [-0.2, -0.15) is 4.72 Å². The van der Waals surface area contributed by atoms with Crippen molar-refractivity contribution in [2.24, 2.45) is 0 Å². The fraction of sp³-hybridized carbons (Fsp3) is 0.222. The lowest BCUT2D eigenvalue weighted by Crippen LogP contribution is -2.27. The molecule has 0 aromatic heterocycles. The van der Waals surface area contributed by atoms with Crippen LogP contribution in [-0.4, -0.2) is 21.5 Å². The summed E-state index contributed by atoms with van der Waals surface area (Å²) in [5, 5.41) is 0. The molecular formula is C9H9NO4S. The van der Waals surface area contributed by atoms with E-state index in [0.29, 0.717) is 5.56 Å². The molecule has 1 heterocycles. The zero-order chi connectivity index (χ0) is 11.1. The number of ether oxygens (including phenoxy) is 1. The number of benzene rings is 1. The third-order valence-corrected chi connectivity index (χ3v) is 3.73. The van der Waals surface area contributed by atoms with Crippen molar-refractivity contribution in [1.29, 1.82) is 0 Å².